The maximum Gasteiger partial charge on any atom is 0.345 e. The molecule has 0 aliphatic carbocycles. The van der Waals surface area contributed by atoms with Gasteiger partial charge in [0.15, 0.2) is 11.2 Å². The van der Waals surface area contributed by atoms with Crippen molar-refractivity contribution in [1.29, 1.82) is 5.26 Å². The van der Waals surface area contributed by atoms with Crippen LogP contribution in [0.5, 0.6) is 5.75 Å². The first-order chi connectivity index (χ1) is 15.6. The largest absolute Gasteiger partial charge is 0.439 e. The minimum absolute atomic E-state index is 0.00242. The molecule has 7 nitrogen and oxygen atoms in total. The van der Waals surface area contributed by atoms with Crippen LogP contribution in [0.2, 0.25) is 0 Å². The molecule has 1 amide bonds. The number of hydrogen-bond donors (Lipinski definition) is 1. The van der Waals surface area contributed by atoms with E-state index in [1.807, 2.05) is 12.1 Å². The number of amides is 1. The van der Waals surface area contributed by atoms with E-state index in [1.165, 1.54) is 0 Å². The van der Waals surface area contributed by atoms with Crippen molar-refractivity contribution in [2.24, 2.45) is 5.73 Å². The third-order valence-electron chi connectivity index (χ3n) is 6.24. The number of carbonyl (C=O) groups excluding carboxylic acids is 1. The highest BCUT2D eigenvalue weighted by Gasteiger charge is 2.61. The first-order valence-electron chi connectivity index (χ1n) is 10.6. The number of fused-ring (bicyclic) bond motifs is 6. The van der Waals surface area contributed by atoms with Crippen molar-refractivity contribution >= 4 is 22.6 Å². The number of unbranched alkanes of at least 4 members (excludes halogenated alkanes) is 2. The van der Waals surface area contributed by atoms with Crippen molar-refractivity contribution in [3.8, 4) is 11.8 Å². The fourth-order valence-electron chi connectivity index (χ4n) is 4.84. The Labute approximate surface area is 184 Å². The van der Waals surface area contributed by atoms with E-state index in [0.717, 1.165) is 19.3 Å². The summed E-state index contributed by atoms with van der Waals surface area (Å²) in [5, 5.41) is 10.6. The Balaban J connectivity index is 1.88. The lowest BCUT2D eigenvalue weighted by Crippen LogP contribution is -2.48. The van der Waals surface area contributed by atoms with Crippen LogP contribution in [0.15, 0.2) is 69.2 Å². The van der Waals surface area contributed by atoms with Crippen molar-refractivity contribution < 1.29 is 13.9 Å². The van der Waals surface area contributed by atoms with Gasteiger partial charge in [-0.3, -0.25) is 4.79 Å². The van der Waals surface area contributed by atoms with Crippen LogP contribution >= 0.6 is 0 Å². The van der Waals surface area contributed by atoms with E-state index in [2.05, 4.69) is 13.0 Å². The van der Waals surface area contributed by atoms with E-state index < -0.39 is 11.0 Å². The van der Waals surface area contributed by atoms with Gasteiger partial charge in [-0.1, -0.05) is 50.1 Å². The second kappa shape index (κ2) is 7.27. The van der Waals surface area contributed by atoms with Gasteiger partial charge in [0.25, 0.3) is 0 Å². The van der Waals surface area contributed by atoms with E-state index in [9.17, 15) is 14.9 Å². The maximum absolute atomic E-state index is 14.1. The SMILES string of the molecule is CCCCCN1C(=O)[C@@]2(C(C#N)=C(N)Oc3c2c(=O)oc2ccccc32)c2ccccc21. The Hall–Kier alpha value is -4.05. The summed E-state index contributed by atoms with van der Waals surface area (Å²) in [4.78, 5) is 29.1. The highest BCUT2D eigenvalue weighted by molar-refractivity contribution is 6.14. The highest BCUT2D eigenvalue weighted by Crippen LogP contribution is 2.55. The van der Waals surface area contributed by atoms with Crippen LogP contribution in [-0.2, 0) is 10.2 Å². The first kappa shape index (κ1) is 19.9. The third kappa shape index (κ3) is 2.47. The fraction of sp³-hybridized carbons (Fsp3) is 0.240. The van der Waals surface area contributed by atoms with Crippen molar-refractivity contribution in [2.75, 3.05) is 11.4 Å². The minimum Gasteiger partial charge on any atom is -0.439 e. The first-order valence-corrected chi connectivity index (χ1v) is 10.6. The molecule has 0 radical (unpaired) electrons. The standard InChI is InChI=1S/C25H21N3O4/c1-2-3-8-13-28-18-11-6-5-10-16(18)25(24(28)30)17(14-26)22(27)32-21-15-9-4-7-12-19(15)31-23(29)20(21)25/h4-7,9-12H,2-3,8,13,27H2,1H3/t25-/m1/s1. The summed E-state index contributed by atoms with van der Waals surface area (Å²) in [7, 11) is 0. The molecule has 5 rings (SSSR count). The predicted molar refractivity (Wildman–Crippen MR) is 119 cm³/mol. The molecule has 0 saturated carbocycles. The van der Waals surface area contributed by atoms with Crippen LogP contribution in [0, 0.1) is 11.3 Å². The predicted octanol–water partition coefficient (Wildman–Crippen LogP) is 3.70. The molecule has 2 aliphatic rings. The van der Waals surface area contributed by atoms with E-state index >= 15 is 0 Å². The Bertz CT molecular complexity index is 1400. The third-order valence-corrected chi connectivity index (χ3v) is 6.24. The summed E-state index contributed by atoms with van der Waals surface area (Å²) in [6.07, 6.45) is 2.75. The van der Waals surface area contributed by atoms with Gasteiger partial charge < -0.3 is 19.8 Å². The molecule has 160 valence electrons. The Kier molecular flexibility index (Phi) is 4.52. The van der Waals surface area contributed by atoms with Gasteiger partial charge in [0.1, 0.15) is 22.8 Å². The van der Waals surface area contributed by atoms with E-state index in [-0.39, 0.29) is 28.7 Å². The fourth-order valence-corrected chi connectivity index (χ4v) is 4.84. The molecule has 2 aromatic carbocycles. The van der Waals surface area contributed by atoms with Gasteiger partial charge >= 0.3 is 5.63 Å². The number of anilines is 1. The van der Waals surface area contributed by atoms with Crippen LogP contribution < -0.4 is 21.0 Å². The summed E-state index contributed by atoms with van der Waals surface area (Å²) in [6, 6.07) is 16.2. The maximum atomic E-state index is 14.1. The summed E-state index contributed by atoms with van der Waals surface area (Å²) >= 11 is 0. The lowest BCUT2D eigenvalue weighted by Gasteiger charge is -2.33. The number of benzene rings is 2. The van der Waals surface area contributed by atoms with Gasteiger partial charge in [-0.25, -0.2) is 4.79 Å². The Morgan fingerprint density at radius 2 is 1.84 bits per heavy atom. The zero-order chi connectivity index (χ0) is 22.5. The van der Waals surface area contributed by atoms with Crippen molar-refractivity contribution in [1.82, 2.24) is 0 Å². The molecule has 2 N–H and O–H groups in total. The monoisotopic (exact) mass is 427 g/mol. The Morgan fingerprint density at radius 1 is 1.09 bits per heavy atom. The molecule has 1 aromatic heterocycles. The molecular formula is C25H21N3O4. The number of nitrogens with two attached hydrogens (primary N) is 1. The van der Waals surface area contributed by atoms with Crippen LogP contribution in [-0.4, -0.2) is 12.5 Å². The van der Waals surface area contributed by atoms with E-state index in [0.29, 0.717) is 28.8 Å². The van der Waals surface area contributed by atoms with Crippen LogP contribution in [0.1, 0.15) is 37.3 Å². The number of rotatable bonds is 4. The smallest absolute Gasteiger partial charge is 0.345 e. The molecule has 2 aliphatic heterocycles. The number of carbonyl (C=O) groups is 1. The van der Waals surface area contributed by atoms with Gasteiger partial charge in [-0.15, -0.1) is 0 Å². The average molecular weight is 427 g/mol. The topological polar surface area (TPSA) is 110 Å². The molecular weight excluding hydrogens is 406 g/mol. The molecule has 3 aromatic rings. The van der Waals surface area contributed by atoms with Crippen molar-refractivity contribution in [3.63, 3.8) is 0 Å². The van der Waals surface area contributed by atoms with Crippen molar-refractivity contribution in [2.45, 2.75) is 31.6 Å². The number of nitrogens with zero attached hydrogens (tertiary/aromatic N) is 2. The summed E-state index contributed by atoms with van der Waals surface area (Å²) in [5.41, 5.74) is 5.20. The van der Waals surface area contributed by atoms with Gasteiger partial charge in [-0.2, -0.15) is 5.26 Å². The molecule has 1 atom stereocenters. The molecule has 0 saturated heterocycles. The molecule has 32 heavy (non-hydrogen) atoms. The highest BCUT2D eigenvalue weighted by atomic mass is 16.5. The molecule has 0 fully saturated rings. The number of hydrogen-bond acceptors (Lipinski definition) is 6. The number of nitriles is 1. The van der Waals surface area contributed by atoms with Crippen molar-refractivity contribution in [3.05, 3.63) is 81.5 Å². The van der Waals surface area contributed by atoms with E-state index in [1.54, 1.807) is 41.3 Å². The van der Waals surface area contributed by atoms with E-state index in [4.69, 9.17) is 14.9 Å². The van der Waals surface area contributed by atoms with Crippen LogP contribution in [0.4, 0.5) is 5.69 Å². The lowest BCUT2D eigenvalue weighted by molar-refractivity contribution is -0.121. The minimum atomic E-state index is -1.71. The molecule has 7 heteroatoms. The van der Waals surface area contributed by atoms with Crippen LogP contribution in [0.3, 0.4) is 0 Å². The van der Waals surface area contributed by atoms with Gasteiger partial charge in [0, 0.05) is 17.8 Å². The van der Waals surface area contributed by atoms with Crippen LogP contribution in [0.25, 0.3) is 11.0 Å². The normalized spacial score (nSPS) is 19.1. The summed E-state index contributed by atoms with van der Waals surface area (Å²) in [6.45, 7) is 2.56. The van der Waals surface area contributed by atoms with Gasteiger partial charge in [0.05, 0.1) is 5.39 Å². The summed E-state index contributed by atoms with van der Waals surface area (Å²) < 4.78 is 11.4. The molecule has 1 spiro atoms. The molecule has 3 heterocycles. The zero-order valence-corrected chi connectivity index (χ0v) is 17.6. The second-order valence-electron chi connectivity index (χ2n) is 7.97. The van der Waals surface area contributed by atoms with Gasteiger partial charge in [0.2, 0.25) is 11.8 Å². The second-order valence-corrected chi connectivity index (χ2v) is 7.97. The summed E-state index contributed by atoms with van der Waals surface area (Å²) in [5.74, 6) is -0.414. The number of para-hydroxylation sites is 2. The molecule has 0 bridgehead atoms. The Morgan fingerprint density at radius 3 is 2.62 bits per heavy atom. The lowest BCUT2D eigenvalue weighted by atomic mass is 9.69. The van der Waals surface area contributed by atoms with Gasteiger partial charge in [-0.05, 0) is 24.6 Å². The zero-order valence-electron chi connectivity index (χ0n) is 17.6. The number of ether oxygens (including phenoxy) is 1. The quantitative estimate of drug-likeness (QED) is 0.502. The average Bonchev–Trinajstić information content (AvgIpc) is 3.03. The molecule has 0 unspecified atom stereocenters.